The van der Waals surface area contributed by atoms with Gasteiger partial charge in [0.15, 0.2) is 0 Å². The molecule has 110 valence electrons. The predicted molar refractivity (Wildman–Crippen MR) is 80.6 cm³/mol. The molecular weight excluding hydrogens is 252 g/mol. The second-order valence-corrected chi connectivity index (χ2v) is 5.94. The Labute approximate surface area is 120 Å². The van der Waals surface area contributed by atoms with E-state index in [0.29, 0.717) is 12.1 Å². The molecule has 1 aromatic rings. The van der Waals surface area contributed by atoms with Crippen LogP contribution in [0.2, 0.25) is 0 Å². The molecule has 0 unspecified atom stereocenters. The predicted octanol–water partition coefficient (Wildman–Crippen LogP) is 2.92. The Kier molecular flexibility index (Phi) is 4.88. The summed E-state index contributed by atoms with van der Waals surface area (Å²) in [7, 11) is 0. The first kappa shape index (κ1) is 14.7. The largest absolute Gasteiger partial charge is 0.506 e. The maximum absolute atomic E-state index is 11.9. The Bertz CT molecular complexity index is 466. The number of phenolic OH excluding ortho intramolecular Hbond substituents is 1. The van der Waals surface area contributed by atoms with E-state index < -0.39 is 0 Å². The van der Waals surface area contributed by atoms with Crippen molar-refractivity contribution in [2.75, 3.05) is 12.3 Å². The highest BCUT2D eigenvalue weighted by atomic mass is 16.3. The number of anilines is 1. The first-order chi connectivity index (χ1) is 9.56. The summed E-state index contributed by atoms with van der Waals surface area (Å²) in [6.45, 7) is 3.01. The van der Waals surface area contributed by atoms with Crippen molar-refractivity contribution in [3.63, 3.8) is 0 Å². The number of aromatic hydroxyl groups is 1. The van der Waals surface area contributed by atoms with Crippen molar-refractivity contribution >= 4 is 11.6 Å². The summed E-state index contributed by atoms with van der Waals surface area (Å²) in [5.41, 5.74) is 6.26. The van der Waals surface area contributed by atoms with Gasteiger partial charge in [0.05, 0.1) is 5.69 Å². The van der Waals surface area contributed by atoms with E-state index in [1.165, 1.54) is 31.7 Å². The summed E-state index contributed by atoms with van der Waals surface area (Å²) in [5.74, 6) is 1.41. The first-order valence-electron chi connectivity index (χ1n) is 7.43. The normalized spacial score (nSPS) is 22.4. The van der Waals surface area contributed by atoms with Gasteiger partial charge in [0.1, 0.15) is 5.75 Å². The number of rotatable bonds is 4. The van der Waals surface area contributed by atoms with Gasteiger partial charge in [-0.25, -0.2) is 0 Å². The SMILES string of the molecule is CC1CCC(CCNC(=O)c2ccc(N)c(O)c2)CC1. The molecule has 4 N–H and O–H groups in total. The van der Waals surface area contributed by atoms with E-state index in [0.717, 1.165) is 18.3 Å². The highest BCUT2D eigenvalue weighted by Crippen LogP contribution is 2.30. The summed E-state index contributed by atoms with van der Waals surface area (Å²) in [6, 6.07) is 4.59. The number of hydrogen-bond donors (Lipinski definition) is 3. The number of nitrogen functional groups attached to an aromatic ring is 1. The molecule has 4 heteroatoms. The van der Waals surface area contributed by atoms with Gasteiger partial charge in [-0.15, -0.1) is 0 Å². The van der Waals surface area contributed by atoms with Crippen LogP contribution in [0.5, 0.6) is 5.75 Å². The number of amides is 1. The molecule has 1 saturated carbocycles. The van der Waals surface area contributed by atoms with Gasteiger partial charge in [-0.05, 0) is 36.5 Å². The summed E-state index contributed by atoms with van der Waals surface area (Å²) in [4.78, 5) is 11.9. The zero-order chi connectivity index (χ0) is 14.5. The molecule has 1 aliphatic carbocycles. The fourth-order valence-corrected chi connectivity index (χ4v) is 2.79. The van der Waals surface area contributed by atoms with E-state index in [4.69, 9.17) is 5.73 Å². The number of carbonyl (C=O) groups is 1. The van der Waals surface area contributed by atoms with Crippen molar-refractivity contribution < 1.29 is 9.90 Å². The molecular formula is C16H24N2O2. The molecule has 20 heavy (non-hydrogen) atoms. The van der Waals surface area contributed by atoms with E-state index in [2.05, 4.69) is 12.2 Å². The van der Waals surface area contributed by atoms with Crippen LogP contribution in [-0.4, -0.2) is 17.6 Å². The Hall–Kier alpha value is -1.71. The minimum Gasteiger partial charge on any atom is -0.506 e. The van der Waals surface area contributed by atoms with Gasteiger partial charge in [0.2, 0.25) is 0 Å². The van der Waals surface area contributed by atoms with Crippen LogP contribution >= 0.6 is 0 Å². The Morgan fingerprint density at radius 2 is 2.05 bits per heavy atom. The lowest BCUT2D eigenvalue weighted by Gasteiger charge is -2.26. The molecule has 0 heterocycles. The smallest absolute Gasteiger partial charge is 0.251 e. The molecule has 0 atom stereocenters. The second kappa shape index (κ2) is 6.64. The van der Waals surface area contributed by atoms with Crippen LogP contribution in [0.1, 0.15) is 49.4 Å². The van der Waals surface area contributed by atoms with Gasteiger partial charge in [0.25, 0.3) is 5.91 Å². The molecule has 1 aromatic carbocycles. The summed E-state index contributed by atoms with van der Waals surface area (Å²) >= 11 is 0. The van der Waals surface area contributed by atoms with Crippen LogP contribution in [0, 0.1) is 11.8 Å². The van der Waals surface area contributed by atoms with E-state index in [1.54, 1.807) is 12.1 Å². The van der Waals surface area contributed by atoms with Gasteiger partial charge in [-0.1, -0.05) is 32.6 Å². The van der Waals surface area contributed by atoms with Crippen LogP contribution in [0.25, 0.3) is 0 Å². The van der Waals surface area contributed by atoms with Crippen LogP contribution < -0.4 is 11.1 Å². The summed E-state index contributed by atoms with van der Waals surface area (Å²) in [5, 5.41) is 12.4. The monoisotopic (exact) mass is 276 g/mol. The minimum atomic E-state index is -0.149. The lowest BCUT2D eigenvalue weighted by atomic mass is 9.81. The highest BCUT2D eigenvalue weighted by Gasteiger charge is 2.18. The number of nitrogens with one attached hydrogen (secondary N) is 1. The Morgan fingerprint density at radius 1 is 1.35 bits per heavy atom. The average molecular weight is 276 g/mol. The molecule has 1 fully saturated rings. The number of hydrogen-bond acceptors (Lipinski definition) is 3. The molecule has 0 spiro atoms. The molecule has 0 bridgehead atoms. The summed E-state index contributed by atoms with van der Waals surface area (Å²) in [6.07, 6.45) is 6.22. The zero-order valence-corrected chi connectivity index (χ0v) is 12.1. The van der Waals surface area contributed by atoms with E-state index in [-0.39, 0.29) is 17.3 Å². The fraction of sp³-hybridized carbons (Fsp3) is 0.562. The molecule has 0 radical (unpaired) electrons. The van der Waals surface area contributed by atoms with Gasteiger partial charge >= 0.3 is 0 Å². The average Bonchev–Trinajstić information content (AvgIpc) is 2.44. The minimum absolute atomic E-state index is 0.0427. The number of phenols is 1. The van der Waals surface area contributed by atoms with E-state index in [1.807, 2.05) is 0 Å². The maximum Gasteiger partial charge on any atom is 0.251 e. The van der Waals surface area contributed by atoms with Gasteiger partial charge in [-0.2, -0.15) is 0 Å². The van der Waals surface area contributed by atoms with Crippen molar-refractivity contribution in [1.82, 2.24) is 5.32 Å². The van der Waals surface area contributed by atoms with Crippen molar-refractivity contribution in [2.24, 2.45) is 11.8 Å². The maximum atomic E-state index is 11.9. The molecule has 0 saturated heterocycles. The Morgan fingerprint density at radius 3 is 2.70 bits per heavy atom. The topological polar surface area (TPSA) is 75.4 Å². The molecule has 1 aliphatic rings. The van der Waals surface area contributed by atoms with Crippen LogP contribution in [0.15, 0.2) is 18.2 Å². The third kappa shape index (κ3) is 3.89. The molecule has 1 amide bonds. The zero-order valence-electron chi connectivity index (χ0n) is 12.1. The second-order valence-electron chi connectivity index (χ2n) is 5.94. The van der Waals surface area contributed by atoms with Crippen molar-refractivity contribution in [3.05, 3.63) is 23.8 Å². The number of benzene rings is 1. The lowest BCUT2D eigenvalue weighted by molar-refractivity contribution is 0.0949. The molecule has 2 rings (SSSR count). The quantitative estimate of drug-likeness (QED) is 0.584. The van der Waals surface area contributed by atoms with E-state index in [9.17, 15) is 9.90 Å². The Balaban J connectivity index is 1.76. The third-order valence-corrected chi connectivity index (χ3v) is 4.27. The van der Waals surface area contributed by atoms with Crippen molar-refractivity contribution in [3.8, 4) is 5.75 Å². The molecule has 4 nitrogen and oxygen atoms in total. The highest BCUT2D eigenvalue weighted by molar-refractivity contribution is 5.95. The van der Waals surface area contributed by atoms with Gasteiger partial charge < -0.3 is 16.2 Å². The van der Waals surface area contributed by atoms with Crippen molar-refractivity contribution in [1.29, 1.82) is 0 Å². The summed E-state index contributed by atoms with van der Waals surface area (Å²) < 4.78 is 0. The van der Waals surface area contributed by atoms with Crippen LogP contribution in [0.3, 0.4) is 0 Å². The number of carbonyl (C=O) groups excluding carboxylic acids is 1. The standard InChI is InChI=1S/C16H24N2O2/c1-11-2-4-12(5-3-11)8-9-18-16(20)13-6-7-14(17)15(19)10-13/h6-7,10-12,19H,2-5,8-9,17H2,1H3,(H,18,20). The third-order valence-electron chi connectivity index (χ3n) is 4.27. The van der Waals surface area contributed by atoms with Crippen LogP contribution in [0.4, 0.5) is 5.69 Å². The van der Waals surface area contributed by atoms with Crippen LogP contribution in [-0.2, 0) is 0 Å². The van der Waals surface area contributed by atoms with Gasteiger partial charge in [0, 0.05) is 12.1 Å². The van der Waals surface area contributed by atoms with Gasteiger partial charge in [-0.3, -0.25) is 4.79 Å². The first-order valence-corrected chi connectivity index (χ1v) is 7.43. The number of nitrogens with two attached hydrogens (primary N) is 1. The molecule has 0 aromatic heterocycles. The van der Waals surface area contributed by atoms with Crippen molar-refractivity contribution in [2.45, 2.75) is 39.0 Å². The lowest BCUT2D eigenvalue weighted by Crippen LogP contribution is -2.26. The fourth-order valence-electron chi connectivity index (χ4n) is 2.79. The van der Waals surface area contributed by atoms with E-state index >= 15 is 0 Å². The molecule has 0 aliphatic heterocycles.